The molecule has 0 saturated heterocycles. The zero-order chi connectivity index (χ0) is 21.3. The SMILES string of the molecule is Cc1ccc(COc2cccc(/C=N/NC(=O)C(=O)Nc3ccc(F)cc3)c2)cc1. The summed E-state index contributed by atoms with van der Waals surface area (Å²) in [6, 6.07) is 20.3. The van der Waals surface area contributed by atoms with E-state index in [2.05, 4.69) is 15.8 Å². The van der Waals surface area contributed by atoms with E-state index >= 15 is 0 Å². The van der Waals surface area contributed by atoms with Crippen LogP contribution in [0.5, 0.6) is 5.75 Å². The first kappa shape index (κ1) is 20.7. The number of aryl methyl sites for hydroxylation is 1. The van der Waals surface area contributed by atoms with E-state index in [9.17, 15) is 14.0 Å². The van der Waals surface area contributed by atoms with Crippen LogP contribution < -0.4 is 15.5 Å². The Morgan fingerprint density at radius 3 is 2.47 bits per heavy atom. The lowest BCUT2D eigenvalue weighted by Gasteiger charge is -2.07. The number of nitrogens with one attached hydrogen (secondary N) is 2. The van der Waals surface area contributed by atoms with Gasteiger partial charge >= 0.3 is 11.8 Å². The molecule has 3 rings (SSSR count). The minimum Gasteiger partial charge on any atom is -0.489 e. The Kier molecular flexibility index (Phi) is 6.89. The minimum atomic E-state index is -0.942. The number of hydrazone groups is 1. The van der Waals surface area contributed by atoms with E-state index in [1.807, 2.05) is 37.3 Å². The fourth-order valence-electron chi connectivity index (χ4n) is 2.47. The highest BCUT2D eigenvalue weighted by atomic mass is 19.1. The van der Waals surface area contributed by atoms with Gasteiger partial charge in [-0.3, -0.25) is 9.59 Å². The molecule has 0 aliphatic carbocycles. The van der Waals surface area contributed by atoms with E-state index < -0.39 is 17.6 Å². The summed E-state index contributed by atoms with van der Waals surface area (Å²) in [6.07, 6.45) is 1.40. The first-order valence-corrected chi connectivity index (χ1v) is 9.18. The number of rotatable bonds is 6. The number of halogens is 1. The predicted molar refractivity (Wildman–Crippen MR) is 113 cm³/mol. The topological polar surface area (TPSA) is 79.8 Å². The number of nitrogens with zero attached hydrogens (tertiary/aromatic N) is 1. The number of hydrogen-bond donors (Lipinski definition) is 2. The number of carbonyl (C=O) groups excluding carboxylic acids is 2. The van der Waals surface area contributed by atoms with Crippen LogP contribution in [0.4, 0.5) is 10.1 Å². The summed E-state index contributed by atoms with van der Waals surface area (Å²) in [5.74, 6) is -1.64. The average Bonchev–Trinajstić information content (AvgIpc) is 2.75. The molecule has 3 aromatic rings. The Bertz CT molecular complexity index is 1050. The van der Waals surface area contributed by atoms with Gasteiger partial charge in [0.05, 0.1) is 6.21 Å². The van der Waals surface area contributed by atoms with Crippen molar-refractivity contribution in [3.63, 3.8) is 0 Å². The maximum absolute atomic E-state index is 12.9. The van der Waals surface area contributed by atoms with Crippen LogP contribution in [-0.4, -0.2) is 18.0 Å². The largest absolute Gasteiger partial charge is 0.489 e. The summed E-state index contributed by atoms with van der Waals surface area (Å²) in [4.78, 5) is 23.6. The number of benzene rings is 3. The van der Waals surface area contributed by atoms with Crippen molar-refractivity contribution in [2.75, 3.05) is 5.32 Å². The van der Waals surface area contributed by atoms with Gasteiger partial charge in [0, 0.05) is 5.69 Å². The molecule has 6 nitrogen and oxygen atoms in total. The molecule has 0 aromatic heterocycles. The molecular weight excluding hydrogens is 385 g/mol. The Morgan fingerprint density at radius 2 is 1.73 bits per heavy atom. The average molecular weight is 405 g/mol. The van der Waals surface area contributed by atoms with Gasteiger partial charge in [0.1, 0.15) is 18.2 Å². The molecule has 0 spiro atoms. The van der Waals surface area contributed by atoms with Crippen LogP contribution in [0.1, 0.15) is 16.7 Å². The van der Waals surface area contributed by atoms with Gasteiger partial charge in [-0.2, -0.15) is 5.10 Å². The van der Waals surface area contributed by atoms with E-state index in [0.29, 0.717) is 23.6 Å². The molecule has 0 heterocycles. The lowest BCUT2D eigenvalue weighted by atomic mass is 10.2. The second-order valence-corrected chi connectivity index (χ2v) is 6.51. The second kappa shape index (κ2) is 9.97. The molecule has 7 heteroatoms. The second-order valence-electron chi connectivity index (χ2n) is 6.51. The molecule has 0 atom stereocenters. The minimum absolute atomic E-state index is 0.305. The van der Waals surface area contributed by atoms with Gasteiger partial charge < -0.3 is 10.1 Å². The van der Waals surface area contributed by atoms with Crippen LogP contribution in [-0.2, 0) is 16.2 Å². The molecule has 152 valence electrons. The first-order valence-electron chi connectivity index (χ1n) is 9.18. The number of carbonyl (C=O) groups is 2. The van der Waals surface area contributed by atoms with Crippen molar-refractivity contribution in [3.05, 3.63) is 95.3 Å². The van der Waals surface area contributed by atoms with E-state index in [4.69, 9.17) is 4.74 Å². The zero-order valence-corrected chi connectivity index (χ0v) is 16.3. The smallest absolute Gasteiger partial charge is 0.329 e. The van der Waals surface area contributed by atoms with Crippen molar-refractivity contribution in [3.8, 4) is 5.75 Å². The highest BCUT2D eigenvalue weighted by Crippen LogP contribution is 2.14. The molecule has 0 fully saturated rings. The van der Waals surface area contributed by atoms with Gasteiger partial charge in [-0.05, 0) is 54.4 Å². The van der Waals surface area contributed by atoms with Gasteiger partial charge in [-0.25, -0.2) is 9.82 Å². The zero-order valence-electron chi connectivity index (χ0n) is 16.3. The van der Waals surface area contributed by atoms with Crippen LogP contribution in [0.25, 0.3) is 0 Å². The summed E-state index contributed by atoms with van der Waals surface area (Å²) < 4.78 is 18.6. The van der Waals surface area contributed by atoms with Gasteiger partial charge in [-0.15, -0.1) is 0 Å². The van der Waals surface area contributed by atoms with Crippen molar-refractivity contribution >= 4 is 23.7 Å². The van der Waals surface area contributed by atoms with E-state index in [0.717, 1.165) is 5.56 Å². The monoisotopic (exact) mass is 405 g/mol. The highest BCUT2D eigenvalue weighted by molar-refractivity contribution is 6.39. The number of ether oxygens (including phenoxy) is 1. The number of hydrogen-bond acceptors (Lipinski definition) is 4. The van der Waals surface area contributed by atoms with Crippen LogP contribution >= 0.6 is 0 Å². The van der Waals surface area contributed by atoms with Crippen molar-refractivity contribution < 1.29 is 18.7 Å². The Hall–Kier alpha value is -4.00. The van der Waals surface area contributed by atoms with E-state index in [1.165, 1.54) is 36.0 Å². The third-order valence-corrected chi connectivity index (χ3v) is 4.07. The fraction of sp³-hybridized carbons (Fsp3) is 0.0870. The predicted octanol–water partition coefficient (Wildman–Crippen LogP) is 3.80. The third kappa shape index (κ3) is 6.27. The molecule has 0 bridgehead atoms. The summed E-state index contributed by atoms with van der Waals surface area (Å²) in [5, 5.41) is 6.14. The summed E-state index contributed by atoms with van der Waals surface area (Å²) in [7, 11) is 0. The molecule has 0 aliphatic heterocycles. The van der Waals surface area contributed by atoms with E-state index in [1.54, 1.807) is 18.2 Å². The molecule has 0 aliphatic rings. The fourth-order valence-corrected chi connectivity index (χ4v) is 2.47. The van der Waals surface area contributed by atoms with Gasteiger partial charge in [-0.1, -0.05) is 42.0 Å². The van der Waals surface area contributed by atoms with Crippen molar-refractivity contribution in [2.24, 2.45) is 5.10 Å². The Morgan fingerprint density at radius 1 is 1.00 bits per heavy atom. The molecule has 30 heavy (non-hydrogen) atoms. The van der Waals surface area contributed by atoms with Crippen molar-refractivity contribution in [1.29, 1.82) is 0 Å². The summed E-state index contributed by atoms with van der Waals surface area (Å²) in [5.41, 5.74) is 5.38. The van der Waals surface area contributed by atoms with Crippen molar-refractivity contribution in [1.82, 2.24) is 5.43 Å². The molecule has 0 unspecified atom stereocenters. The molecule has 0 radical (unpaired) electrons. The van der Waals surface area contributed by atoms with Crippen molar-refractivity contribution in [2.45, 2.75) is 13.5 Å². The van der Waals surface area contributed by atoms with Crippen LogP contribution in [0, 0.1) is 12.7 Å². The lowest BCUT2D eigenvalue weighted by molar-refractivity contribution is -0.136. The molecule has 2 amide bonds. The number of amides is 2. The number of anilines is 1. The standard InChI is InChI=1S/C23H20FN3O3/c1-16-5-7-17(8-6-16)15-30-21-4-2-3-18(13-21)14-25-27-23(29)22(28)26-20-11-9-19(24)10-12-20/h2-14H,15H2,1H3,(H,26,28)(H,27,29)/b25-14+. The lowest BCUT2D eigenvalue weighted by Crippen LogP contribution is -2.32. The van der Waals surface area contributed by atoms with Crippen LogP contribution in [0.2, 0.25) is 0 Å². The first-order chi connectivity index (χ1) is 14.5. The van der Waals surface area contributed by atoms with Crippen LogP contribution in [0.15, 0.2) is 77.9 Å². The maximum atomic E-state index is 12.9. The summed E-state index contributed by atoms with van der Waals surface area (Å²) >= 11 is 0. The highest BCUT2D eigenvalue weighted by Gasteiger charge is 2.12. The van der Waals surface area contributed by atoms with Gasteiger partial charge in [0.15, 0.2) is 0 Å². The quantitative estimate of drug-likeness (QED) is 0.372. The molecule has 2 N–H and O–H groups in total. The Balaban J connectivity index is 1.51. The maximum Gasteiger partial charge on any atom is 0.329 e. The van der Waals surface area contributed by atoms with E-state index in [-0.39, 0.29) is 0 Å². The normalized spacial score (nSPS) is 10.6. The van der Waals surface area contributed by atoms with Crippen LogP contribution in [0.3, 0.4) is 0 Å². The van der Waals surface area contributed by atoms with Gasteiger partial charge in [0.2, 0.25) is 0 Å². The van der Waals surface area contributed by atoms with Gasteiger partial charge in [0.25, 0.3) is 0 Å². The summed E-state index contributed by atoms with van der Waals surface area (Å²) in [6.45, 7) is 2.46. The molecule has 0 saturated carbocycles. The Labute approximate surface area is 173 Å². The molecular formula is C23H20FN3O3. The third-order valence-electron chi connectivity index (χ3n) is 4.07. The molecule has 3 aromatic carbocycles.